The van der Waals surface area contributed by atoms with Crippen molar-refractivity contribution in [1.82, 2.24) is 0 Å². The number of nitrogens with zero attached hydrogens (tertiary/aromatic N) is 1. The van der Waals surface area contributed by atoms with E-state index in [2.05, 4.69) is 0 Å². The number of nitrogens with two attached hydrogens (primary N) is 1. The Morgan fingerprint density at radius 2 is 2.07 bits per heavy atom. The largest absolute Gasteiger partial charge is 0.369 e. The number of amides is 1. The summed E-state index contributed by atoms with van der Waals surface area (Å²) in [5.74, 6) is -1.68. The van der Waals surface area contributed by atoms with E-state index in [1.165, 1.54) is 12.1 Å². The van der Waals surface area contributed by atoms with Gasteiger partial charge in [0, 0.05) is 0 Å². The van der Waals surface area contributed by atoms with E-state index in [0.29, 0.717) is 12.8 Å². The maximum atomic E-state index is 12.6. The average Bonchev–Trinajstić information content (AvgIpc) is 2.21. The van der Waals surface area contributed by atoms with Crippen molar-refractivity contribution < 1.29 is 9.18 Å². The summed E-state index contributed by atoms with van der Waals surface area (Å²) in [4.78, 5) is 10.7. The summed E-state index contributed by atoms with van der Waals surface area (Å²) < 4.78 is 12.6. The monoisotopic (exact) mass is 206 g/mol. The molecule has 0 saturated carbocycles. The van der Waals surface area contributed by atoms with Crippen LogP contribution in [0.3, 0.4) is 0 Å². The van der Waals surface area contributed by atoms with Crippen molar-refractivity contribution in [2.75, 3.05) is 0 Å². The lowest BCUT2D eigenvalue weighted by atomic mass is 10.0. The molecular formula is C11H11FN2O. The molecule has 0 heterocycles. The third kappa shape index (κ3) is 3.39. The lowest BCUT2D eigenvalue weighted by molar-refractivity contribution is -0.120. The molecule has 1 aromatic rings. The normalized spacial score (nSPS) is 11.7. The second-order valence-electron chi connectivity index (χ2n) is 3.25. The van der Waals surface area contributed by atoms with Crippen LogP contribution in [-0.4, -0.2) is 5.91 Å². The highest BCUT2D eigenvalue weighted by Crippen LogP contribution is 2.10. The minimum Gasteiger partial charge on any atom is -0.369 e. The Bertz CT molecular complexity index is 381. The van der Waals surface area contributed by atoms with E-state index in [1.54, 1.807) is 12.1 Å². The molecule has 1 atom stereocenters. The van der Waals surface area contributed by atoms with Gasteiger partial charge in [-0.05, 0) is 30.5 Å². The van der Waals surface area contributed by atoms with Crippen LogP contribution in [0, 0.1) is 23.1 Å². The zero-order chi connectivity index (χ0) is 11.3. The Hall–Kier alpha value is -1.89. The first-order chi connectivity index (χ1) is 7.13. The number of primary amides is 1. The van der Waals surface area contributed by atoms with Gasteiger partial charge in [0.05, 0.1) is 6.07 Å². The summed E-state index contributed by atoms with van der Waals surface area (Å²) in [6.45, 7) is 0. The predicted octanol–water partition coefficient (Wildman–Crippen LogP) is 1.38. The highest BCUT2D eigenvalue weighted by Gasteiger charge is 2.13. The van der Waals surface area contributed by atoms with Gasteiger partial charge in [-0.15, -0.1) is 0 Å². The smallest absolute Gasteiger partial charge is 0.234 e. The molecule has 3 nitrogen and oxygen atoms in total. The van der Waals surface area contributed by atoms with E-state index < -0.39 is 11.8 Å². The van der Waals surface area contributed by atoms with Gasteiger partial charge >= 0.3 is 0 Å². The number of rotatable bonds is 4. The Morgan fingerprint density at radius 3 is 2.53 bits per heavy atom. The molecule has 15 heavy (non-hydrogen) atoms. The van der Waals surface area contributed by atoms with Gasteiger partial charge in [-0.3, -0.25) is 4.79 Å². The Labute approximate surface area is 87.3 Å². The molecule has 0 spiro atoms. The standard InChI is InChI=1S/C11H11FN2O/c12-10-5-2-8(3-6-10)1-4-9(7-13)11(14)15/h2-3,5-6,9H,1,4H2,(H2,14,15). The van der Waals surface area contributed by atoms with Crippen LogP contribution < -0.4 is 5.73 Å². The molecular weight excluding hydrogens is 195 g/mol. The van der Waals surface area contributed by atoms with Gasteiger partial charge in [0.2, 0.25) is 5.91 Å². The van der Waals surface area contributed by atoms with Gasteiger partial charge in [-0.25, -0.2) is 4.39 Å². The number of halogens is 1. The fraction of sp³-hybridized carbons (Fsp3) is 0.273. The number of aryl methyl sites for hydroxylation is 1. The molecule has 0 bridgehead atoms. The SMILES string of the molecule is N#CC(CCc1ccc(F)cc1)C(N)=O. The first kappa shape index (κ1) is 11.2. The molecule has 78 valence electrons. The molecule has 1 amide bonds. The summed E-state index contributed by atoms with van der Waals surface area (Å²) in [6.07, 6.45) is 0.916. The molecule has 0 aliphatic heterocycles. The Kier molecular flexibility index (Phi) is 3.81. The quantitative estimate of drug-likeness (QED) is 0.808. The molecule has 1 aromatic carbocycles. The second-order valence-corrected chi connectivity index (χ2v) is 3.25. The molecule has 1 rings (SSSR count). The summed E-state index contributed by atoms with van der Waals surface area (Å²) >= 11 is 0. The van der Waals surface area contributed by atoms with Crippen LogP contribution in [0.1, 0.15) is 12.0 Å². The highest BCUT2D eigenvalue weighted by atomic mass is 19.1. The summed E-state index contributed by atoms with van der Waals surface area (Å²) in [6, 6.07) is 7.79. The van der Waals surface area contributed by atoms with E-state index >= 15 is 0 Å². The number of carbonyl (C=O) groups is 1. The van der Waals surface area contributed by atoms with Crippen LogP contribution in [-0.2, 0) is 11.2 Å². The van der Waals surface area contributed by atoms with Crippen molar-refractivity contribution in [2.24, 2.45) is 11.7 Å². The molecule has 2 N–H and O–H groups in total. The molecule has 0 saturated heterocycles. The van der Waals surface area contributed by atoms with Crippen molar-refractivity contribution in [3.8, 4) is 6.07 Å². The number of hydrogen-bond acceptors (Lipinski definition) is 2. The first-order valence-electron chi connectivity index (χ1n) is 4.57. The maximum Gasteiger partial charge on any atom is 0.234 e. The van der Waals surface area contributed by atoms with Crippen LogP contribution in [0.25, 0.3) is 0 Å². The van der Waals surface area contributed by atoms with Crippen LogP contribution in [0.2, 0.25) is 0 Å². The van der Waals surface area contributed by atoms with E-state index in [-0.39, 0.29) is 5.82 Å². The van der Waals surface area contributed by atoms with Gasteiger partial charge in [-0.1, -0.05) is 12.1 Å². The van der Waals surface area contributed by atoms with Crippen molar-refractivity contribution in [2.45, 2.75) is 12.8 Å². The van der Waals surface area contributed by atoms with Gasteiger partial charge < -0.3 is 5.73 Å². The molecule has 0 fully saturated rings. The molecule has 0 aliphatic rings. The third-order valence-corrected chi connectivity index (χ3v) is 2.13. The number of benzene rings is 1. The maximum absolute atomic E-state index is 12.6. The fourth-order valence-electron chi connectivity index (χ4n) is 1.23. The molecule has 0 aliphatic carbocycles. The molecule has 0 aromatic heterocycles. The lowest BCUT2D eigenvalue weighted by Crippen LogP contribution is -2.22. The Morgan fingerprint density at radius 1 is 1.47 bits per heavy atom. The topological polar surface area (TPSA) is 66.9 Å². The fourth-order valence-corrected chi connectivity index (χ4v) is 1.23. The molecule has 0 radical (unpaired) electrons. The predicted molar refractivity (Wildman–Crippen MR) is 53.0 cm³/mol. The third-order valence-electron chi connectivity index (χ3n) is 2.13. The van der Waals surface area contributed by atoms with Crippen molar-refractivity contribution in [3.63, 3.8) is 0 Å². The minimum absolute atomic E-state index is 0.300. The van der Waals surface area contributed by atoms with Crippen LogP contribution in [0.15, 0.2) is 24.3 Å². The van der Waals surface area contributed by atoms with Crippen LogP contribution >= 0.6 is 0 Å². The molecule has 4 heteroatoms. The number of hydrogen-bond donors (Lipinski definition) is 1. The van der Waals surface area contributed by atoms with Crippen molar-refractivity contribution >= 4 is 5.91 Å². The van der Waals surface area contributed by atoms with Crippen molar-refractivity contribution in [3.05, 3.63) is 35.6 Å². The van der Waals surface area contributed by atoms with Crippen LogP contribution in [0.4, 0.5) is 4.39 Å². The van der Waals surface area contributed by atoms with E-state index in [0.717, 1.165) is 5.56 Å². The van der Waals surface area contributed by atoms with Crippen LogP contribution in [0.5, 0.6) is 0 Å². The van der Waals surface area contributed by atoms with E-state index in [1.807, 2.05) is 6.07 Å². The zero-order valence-electron chi connectivity index (χ0n) is 8.11. The van der Waals surface area contributed by atoms with Gasteiger partial charge in [-0.2, -0.15) is 5.26 Å². The zero-order valence-corrected chi connectivity index (χ0v) is 8.11. The number of nitriles is 1. The molecule has 1 unspecified atom stereocenters. The first-order valence-corrected chi connectivity index (χ1v) is 4.57. The van der Waals surface area contributed by atoms with Crippen molar-refractivity contribution in [1.29, 1.82) is 5.26 Å². The second kappa shape index (κ2) is 5.11. The van der Waals surface area contributed by atoms with Gasteiger partial charge in [0.15, 0.2) is 0 Å². The summed E-state index contributed by atoms with van der Waals surface area (Å²) in [7, 11) is 0. The lowest BCUT2D eigenvalue weighted by Gasteiger charge is -2.04. The van der Waals surface area contributed by atoms with Gasteiger partial charge in [0.1, 0.15) is 11.7 Å². The average molecular weight is 206 g/mol. The summed E-state index contributed by atoms with van der Waals surface area (Å²) in [5.41, 5.74) is 5.90. The van der Waals surface area contributed by atoms with E-state index in [4.69, 9.17) is 11.0 Å². The van der Waals surface area contributed by atoms with E-state index in [9.17, 15) is 9.18 Å². The van der Waals surface area contributed by atoms with Gasteiger partial charge in [0.25, 0.3) is 0 Å². The highest BCUT2D eigenvalue weighted by molar-refractivity contribution is 5.79. The Balaban J connectivity index is 2.54. The minimum atomic E-state index is -0.768. The number of carbonyl (C=O) groups excluding carboxylic acids is 1. The summed E-state index contributed by atoms with van der Waals surface area (Å²) in [5, 5.41) is 8.61.